The Morgan fingerprint density at radius 3 is 2.52 bits per heavy atom. The van der Waals surface area contributed by atoms with Crippen molar-refractivity contribution in [2.24, 2.45) is 0 Å². The molecule has 2 aromatic carbocycles. The first-order valence-electron chi connectivity index (χ1n) is 7.69. The number of nitrogens with one attached hydrogen (secondary N) is 2. The molecule has 6 nitrogen and oxygen atoms in total. The number of aromatic amines is 1. The molecule has 0 radical (unpaired) electrons. The Hall–Kier alpha value is -3.41. The van der Waals surface area contributed by atoms with Crippen LogP contribution in [-0.4, -0.2) is 29.2 Å². The summed E-state index contributed by atoms with van der Waals surface area (Å²) in [5, 5.41) is 9.60. The number of hydrogen-bond acceptors (Lipinski definition) is 4. The summed E-state index contributed by atoms with van der Waals surface area (Å²) in [7, 11) is 1.30. The van der Waals surface area contributed by atoms with Crippen LogP contribution in [0.2, 0.25) is 0 Å². The molecule has 25 heavy (non-hydrogen) atoms. The summed E-state index contributed by atoms with van der Waals surface area (Å²) < 4.78 is 4.73. The van der Waals surface area contributed by atoms with Gasteiger partial charge in [-0.1, -0.05) is 42.0 Å². The molecule has 0 aliphatic carbocycles. The maximum Gasteiger partial charge on any atom is 0.339 e. The number of esters is 1. The van der Waals surface area contributed by atoms with Crippen LogP contribution in [0, 0.1) is 6.92 Å². The fraction of sp³-hybridized carbons (Fsp3) is 0.105. The number of anilines is 1. The van der Waals surface area contributed by atoms with Crippen molar-refractivity contribution in [3.63, 3.8) is 0 Å². The highest BCUT2D eigenvalue weighted by atomic mass is 16.5. The van der Waals surface area contributed by atoms with Gasteiger partial charge in [0.05, 0.1) is 24.1 Å². The molecule has 0 saturated heterocycles. The van der Waals surface area contributed by atoms with Gasteiger partial charge < -0.3 is 10.1 Å². The van der Waals surface area contributed by atoms with E-state index in [1.807, 2.05) is 31.2 Å². The number of aryl methyl sites for hydroxylation is 1. The minimum Gasteiger partial charge on any atom is -0.465 e. The zero-order valence-corrected chi connectivity index (χ0v) is 13.9. The summed E-state index contributed by atoms with van der Waals surface area (Å²) in [5.41, 5.74) is 3.71. The van der Waals surface area contributed by atoms with Crippen LogP contribution in [0.15, 0.2) is 54.6 Å². The minimum absolute atomic E-state index is 0.289. The molecule has 1 aromatic heterocycles. The van der Waals surface area contributed by atoms with Crippen LogP contribution in [0.1, 0.15) is 26.4 Å². The molecule has 0 bridgehead atoms. The van der Waals surface area contributed by atoms with Gasteiger partial charge in [-0.05, 0) is 25.1 Å². The Labute approximate surface area is 144 Å². The van der Waals surface area contributed by atoms with Crippen molar-refractivity contribution in [2.45, 2.75) is 6.92 Å². The van der Waals surface area contributed by atoms with E-state index in [1.54, 1.807) is 30.3 Å². The first-order chi connectivity index (χ1) is 12.1. The highest BCUT2D eigenvalue weighted by Crippen LogP contribution is 2.20. The quantitative estimate of drug-likeness (QED) is 0.716. The molecule has 0 atom stereocenters. The molecule has 1 amide bonds. The smallest absolute Gasteiger partial charge is 0.339 e. The van der Waals surface area contributed by atoms with Crippen LogP contribution in [0.5, 0.6) is 0 Å². The highest BCUT2D eigenvalue weighted by Gasteiger charge is 2.16. The lowest BCUT2D eigenvalue weighted by Gasteiger charge is -2.08. The third kappa shape index (κ3) is 3.58. The average molecular weight is 335 g/mol. The summed E-state index contributed by atoms with van der Waals surface area (Å²) in [4.78, 5) is 24.2. The third-order valence-electron chi connectivity index (χ3n) is 3.75. The number of H-pyrrole nitrogens is 1. The van der Waals surface area contributed by atoms with Crippen LogP contribution in [-0.2, 0) is 4.74 Å². The molecule has 0 saturated carbocycles. The Kier molecular flexibility index (Phi) is 4.61. The van der Waals surface area contributed by atoms with Crippen molar-refractivity contribution in [3.8, 4) is 11.3 Å². The van der Waals surface area contributed by atoms with E-state index in [0.717, 1.165) is 11.1 Å². The second kappa shape index (κ2) is 7.00. The van der Waals surface area contributed by atoms with Gasteiger partial charge in [-0.25, -0.2) is 4.79 Å². The second-order valence-corrected chi connectivity index (χ2v) is 5.52. The number of amides is 1. The summed E-state index contributed by atoms with van der Waals surface area (Å²) >= 11 is 0. The number of benzene rings is 2. The van der Waals surface area contributed by atoms with Crippen molar-refractivity contribution in [1.82, 2.24) is 10.2 Å². The van der Waals surface area contributed by atoms with Crippen molar-refractivity contribution in [3.05, 3.63) is 71.4 Å². The maximum absolute atomic E-state index is 12.4. The van der Waals surface area contributed by atoms with Crippen LogP contribution in [0.25, 0.3) is 11.3 Å². The van der Waals surface area contributed by atoms with E-state index in [2.05, 4.69) is 15.5 Å². The van der Waals surface area contributed by atoms with Crippen LogP contribution >= 0.6 is 0 Å². The van der Waals surface area contributed by atoms with Gasteiger partial charge in [0.2, 0.25) is 0 Å². The number of aromatic nitrogens is 2. The van der Waals surface area contributed by atoms with Gasteiger partial charge in [-0.15, -0.1) is 0 Å². The van der Waals surface area contributed by atoms with Crippen LogP contribution in [0.4, 0.5) is 5.69 Å². The predicted molar refractivity (Wildman–Crippen MR) is 94.5 cm³/mol. The number of carbonyl (C=O) groups is 2. The van der Waals surface area contributed by atoms with Crippen LogP contribution in [0.3, 0.4) is 0 Å². The lowest BCUT2D eigenvalue weighted by atomic mass is 10.1. The second-order valence-electron chi connectivity index (χ2n) is 5.52. The monoisotopic (exact) mass is 335 g/mol. The Morgan fingerprint density at radius 2 is 1.80 bits per heavy atom. The Bertz CT molecular complexity index is 914. The Balaban J connectivity index is 1.81. The third-order valence-corrected chi connectivity index (χ3v) is 3.75. The molecule has 6 heteroatoms. The highest BCUT2D eigenvalue weighted by molar-refractivity contribution is 6.07. The van der Waals surface area contributed by atoms with E-state index >= 15 is 0 Å². The maximum atomic E-state index is 12.4. The number of methoxy groups -OCH3 is 1. The number of hydrogen-bond donors (Lipinski definition) is 2. The number of rotatable bonds is 4. The van der Waals surface area contributed by atoms with Gasteiger partial charge >= 0.3 is 5.97 Å². The van der Waals surface area contributed by atoms with E-state index in [4.69, 9.17) is 4.74 Å². The molecule has 0 fully saturated rings. The van der Waals surface area contributed by atoms with E-state index in [-0.39, 0.29) is 11.5 Å². The normalized spacial score (nSPS) is 10.3. The van der Waals surface area contributed by atoms with Gasteiger partial charge in [0.25, 0.3) is 5.91 Å². The molecule has 0 spiro atoms. The number of carbonyl (C=O) groups excluding carboxylic acids is 2. The van der Waals surface area contributed by atoms with Crippen molar-refractivity contribution >= 4 is 17.6 Å². The van der Waals surface area contributed by atoms with E-state index in [9.17, 15) is 9.59 Å². The molecule has 3 aromatic rings. The van der Waals surface area contributed by atoms with Gasteiger partial charge in [-0.3, -0.25) is 9.89 Å². The zero-order valence-electron chi connectivity index (χ0n) is 13.9. The Morgan fingerprint density at radius 1 is 1.08 bits per heavy atom. The predicted octanol–water partition coefficient (Wildman–Crippen LogP) is 3.42. The molecule has 2 N–H and O–H groups in total. The molecule has 0 unspecified atom stereocenters. The molecule has 126 valence electrons. The van der Waals surface area contributed by atoms with Gasteiger partial charge in [-0.2, -0.15) is 5.10 Å². The first-order valence-corrected chi connectivity index (χ1v) is 7.69. The summed E-state index contributed by atoms with van der Waals surface area (Å²) in [6, 6.07) is 16.2. The molecular formula is C19H17N3O3. The van der Waals surface area contributed by atoms with Crippen LogP contribution < -0.4 is 5.32 Å². The van der Waals surface area contributed by atoms with E-state index in [1.165, 1.54) is 7.11 Å². The SMILES string of the molecule is COC(=O)c1ccccc1NC(=O)c1cc(-c2ccc(C)cc2)n[nH]1. The molecular weight excluding hydrogens is 318 g/mol. The van der Waals surface area contributed by atoms with Crippen molar-refractivity contribution < 1.29 is 14.3 Å². The van der Waals surface area contributed by atoms with E-state index < -0.39 is 5.97 Å². The van der Waals surface area contributed by atoms with Gasteiger partial charge in [0.15, 0.2) is 0 Å². The van der Waals surface area contributed by atoms with E-state index in [0.29, 0.717) is 17.1 Å². The number of ether oxygens (including phenoxy) is 1. The molecule has 1 heterocycles. The fourth-order valence-electron chi connectivity index (χ4n) is 2.38. The molecule has 0 aliphatic rings. The van der Waals surface area contributed by atoms with Gasteiger partial charge in [0, 0.05) is 5.56 Å². The minimum atomic E-state index is -0.513. The fourth-order valence-corrected chi connectivity index (χ4v) is 2.38. The average Bonchev–Trinajstić information content (AvgIpc) is 3.12. The summed E-state index contributed by atoms with van der Waals surface area (Å²) in [6.45, 7) is 2.01. The largest absolute Gasteiger partial charge is 0.465 e. The standard InChI is InChI=1S/C19H17N3O3/c1-12-7-9-13(10-8-12)16-11-17(22-21-16)18(23)20-15-6-4-3-5-14(15)19(24)25-2/h3-11H,1-2H3,(H,20,23)(H,21,22). The van der Waals surface area contributed by atoms with Crippen molar-refractivity contribution in [2.75, 3.05) is 12.4 Å². The molecule has 3 rings (SSSR count). The number of nitrogens with zero attached hydrogens (tertiary/aromatic N) is 1. The lowest BCUT2D eigenvalue weighted by Crippen LogP contribution is -2.15. The van der Waals surface area contributed by atoms with Crippen molar-refractivity contribution in [1.29, 1.82) is 0 Å². The molecule has 0 aliphatic heterocycles. The summed E-state index contributed by atoms with van der Waals surface area (Å²) in [6.07, 6.45) is 0. The van der Waals surface area contributed by atoms with Gasteiger partial charge in [0.1, 0.15) is 5.69 Å². The first kappa shape index (κ1) is 16.4. The summed E-state index contributed by atoms with van der Waals surface area (Å²) in [5.74, 6) is -0.900. The zero-order chi connectivity index (χ0) is 17.8. The number of para-hydroxylation sites is 1. The lowest BCUT2D eigenvalue weighted by molar-refractivity contribution is 0.0602. The topological polar surface area (TPSA) is 84.1 Å².